The molecule has 1 atom stereocenters. The van der Waals surface area contributed by atoms with Crippen molar-refractivity contribution in [2.75, 3.05) is 38.7 Å². The average Bonchev–Trinajstić information content (AvgIpc) is 3.45. The van der Waals surface area contributed by atoms with Crippen LogP contribution in [0.25, 0.3) is 10.2 Å². The number of rotatable bonds is 7. The molecule has 1 fully saturated rings. The van der Waals surface area contributed by atoms with Crippen LogP contribution in [0.5, 0.6) is 0 Å². The van der Waals surface area contributed by atoms with Crippen molar-refractivity contribution in [1.82, 2.24) is 19.8 Å². The smallest absolute Gasteiger partial charge is 0.246 e. The quantitative estimate of drug-likeness (QED) is 0.457. The van der Waals surface area contributed by atoms with Crippen molar-refractivity contribution in [2.24, 2.45) is 0 Å². The van der Waals surface area contributed by atoms with Crippen LogP contribution in [-0.4, -0.2) is 65.1 Å². The zero-order valence-electron chi connectivity index (χ0n) is 19.5. The third-order valence-corrected chi connectivity index (χ3v) is 8.00. The summed E-state index contributed by atoms with van der Waals surface area (Å²) in [6.45, 7) is 3.73. The lowest BCUT2D eigenvalue weighted by atomic mass is 10.0. The maximum atomic E-state index is 13.5. The van der Waals surface area contributed by atoms with Gasteiger partial charge in [0.1, 0.15) is 22.8 Å². The molecule has 3 aromatic rings. The van der Waals surface area contributed by atoms with Crippen molar-refractivity contribution in [1.29, 1.82) is 0 Å². The number of nitrogens with zero attached hydrogens (tertiary/aromatic N) is 4. The van der Waals surface area contributed by atoms with E-state index in [0.29, 0.717) is 30.6 Å². The second-order valence-electron chi connectivity index (χ2n) is 8.82. The molecular weight excluding hydrogens is 489 g/mol. The van der Waals surface area contributed by atoms with E-state index in [2.05, 4.69) is 20.2 Å². The van der Waals surface area contributed by atoms with Gasteiger partial charge in [0, 0.05) is 42.9 Å². The van der Waals surface area contributed by atoms with Crippen LogP contribution in [0.15, 0.2) is 36.7 Å². The summed E-state index contributed by atoms with van der Waals surface area (Å²) in [5.74, 6) is 0.221. The lowest BCUT2D eigenvalue weighted by molar-refractivity contribution is -0.126. The largest absolute Gasteiger partial charge is 0.383 e. The van der Waals surface area contributed by atoms with E-state index < -0.39 is 5.82 Å². The molecule has 0 spiro atoms. The predicted octanol–water partition coefficient (Wildman–Crippen LogP) is 4.78. The molecule has 1 N–H and O–H groups in total. The molecule has 0 saturated carbocycles. The Morgan fingerprint density at radius 3 is 3.09 bits per heavy atom. The number of carbonyl (C=O) groups is 1. The van der Waals surface area contributed by atoms with Gasteiger partial charge in [-0.2, -0.15) is 0 Å². The van der Waals surface area contributed by atoms with Crippen LogP contribution in [0, 0.1) is 5.82 Å². The summed E-state index contributed by atoms with van der Waals surface area (Å²) in [4.78, 5) is 28.0. The van der Waals surface area contributed by atoms with E-state index in [-0.39, 0.29) is 10.9 Å². The van der Waals surface area contributed by atoms with Crippen molar-refractivity contribution < 1.29 is 13.9 Å². The first-order valence-electron chi connectivity index (χ1n) is 11.7. The van der Waals surface area contributed by atoms with Gasteiger partial charge >= 0.3 is 0 Å². The molecule has 0 aliphatic carbocycles. The van der Waals surface area contributed by atoms with Gasteiger partial charge in [-0.25, -0.2) is 14.4 Å². The van der Waals surface area contributed by atoms with E-state index in [1.807, 2.05) is 11.0 Å². The van der Waals surface area contributed by atoms with Crippen molar-refractivity contribution in [3.8, 4) is 0 Å². The lowest BCUT2D eigenvalue weighted by Crippen LogP contribution is -2.35. The van der Waals surface area contributed by atoms with Crippen LogP contribution in [0.3, 0.4) is 0 Å². The number of benzene rings is 1. The van der Waals surface area contributed by atoms with Crippen LogP contribution in [0.2, 0.25) is 5.02 Å². The molecule has 0 unspecified atom stereocenters. The Kier molecular flexibility index (Phi) is 7.29. The van der Waals surface area contributed by atoms with E-state index in [9.17, 15) is 9.18 Å². The number of likely N-dealkylation sites (tertiary alicyclic amines) is 1. The summed E-state index contributed by atoms with van der Waals surface area (Å²) in [6.07, 6.45) is 8.22. The van der Waals surface area contributed by atoms with Gasteiger partial charge in [0.05, 0.1) is 23.6 Å². The zero-order valence-corrected chi connectivity index (χ0v) is 21.0. The Morgan fingerprint density at radius 2 is 2.26 bits per heavy atom. The number of amides is 1. The van der Waals surface area contributed by atoms with Gasteiger partial charge in [0.15, 0.2) is 0 Å². The van der Waals surface area contributed by atoms with Crippen LogP contribution in [-0.2, 0) is 22.5 Å². The minimum Gasteiger partial charge on any atom is -0.383 e. The molecule has 1 saturated heterocycles. The Bertz CT molecular complexity index is 1270. The molecule has 4 heterocycles. The Hall–Kier alpha value is -2.59. The molecule has 184 valence electrons. The van der Waals surface area contributed by atoms with E-state index >= 15 is 0 Å². The van der Waals surface area contributed by atoms with Crippen LogP contribution < -0.4 is 5.32 Å². The van der Waals surface area contributed by atoms with E-state index in [4.69, 9.17) is 16.3 Å². The number of aromatic nitrogens is 2. The third kappa shape index (κ3) is 5.18. The monoisotopic (exact) mass is 515 g/mol. The van der Waals surface area contributed by atoms with Gasteiger partial charge in [0.2, 0.25) is 5.91 Å². The number of methoxy groups -OCH3 is 1. The fourth-order valence-corrected chi connectivity index (χ4v) is 6.22. The molecule has 7 nitrogen and oxygen atoms in total. The van der Waals surface area contributed by atoms with Gasteiger partial charge < -0.3 is 15.0 Å². The molecule has 0 bridgehead atoms. The van der Waals surface area contributed by atoms with Gasteiger partial charge in [-0.1, -0.05) is 17.7 Å². The third-order valence-electron chi connectivity index (χ3n) is 6.59. The first-order valence-corrected chi connectivity index (χ1v) is 12.9. The van der Waals surface area contributed by atoms with Gasteiger partial charge in [0.25, 0.3) is 0 Å². The molecule has 2 aliphatic heterocycles. The Labute approximate surface area is 212 Å². The molecule has 2 aliphatic rings. The summed E-state index contributed by atoms with van der Waals surface area (Å²) >= 11 is 7.52. The highest BCUT2D eigenvalue weighted by Gasteiger charge is 2.26. The van der Waals surface area contributed by atoms with Gasteiger partial charge in [-0.3, -0.25) is 9.69 Å². The number of hydrogen-bond donors (Lipinski definition) is 1. The highest BCUT2D eigenvalue weighted by Crippen LogP contribution is 2.38. The summed E-state index contributed by atoms with van der Waals surface area (Å²) in [5, 5.41) is 4.25. The number of carbonyl (C=O) groups excluding carboxylic acids is 1. The van der Waals surface area contributed by atoms with E-state index in [0.717, 1.165) is 53.2 Å². The first kappa shape index (κ1) is 24.1. The van der Waals surface area contributed by atoms with Crippen molar-refractivity contribution in [2.45, 2.75) is 31.8 Å². The van der Waals surface area contributed by atoms with E-state index in [1.165, 1.54) is 24.9 Å². The minimum atomic E-state index is -0.466. The molecule has 0 radical (unpaired) electrons. The minimum absolute atomic E-state index is 0.0287. The fraction of sp³-hybridized carbons (Fsp3) is 0.400. The molecule has 2 aromatic heterocycles. The van der Waals surface area contributed by atoms with E-state index in [1.54, 1.807) is 30.6 Å². The summed E-state index contributed by atoms with van der Waals surface area (Å²) in [7, 11) is 1.73. The van der Waals surface area contributed by atoms with Gasteiger partial charge in [-0.05, 0) is 49.6 Å². The molecular formula is C25H27ClFN5O2S. The average molecular weight is 516 g/mol. The van der Waals surface area contributed by atoms with Crippen molar-refractivity contribution in [3.05, 3.63) is 58.0 Å². The normalized spacial score (nSPS) is 18.5. The summed E-state index contributed by atoms with van der Waals surface area (Å²) < 4.78 is 18.9. The molecule has 35 heavy (non-hydrogen) atoms. The lowest BCUT2D eigenvalue weighted by Gasteiger charge is -2.26. The number of thiophene rings is 1. The maximum absolute atomic E-state index is 13.5. The predicted molar refractivity (Wildman–Crippen MR) is 137 cm³/mol. The topological polar surface area (TPSA) is 70.6 Å². The highest BCUT2D eigenvalue weighted by molar-refractivity contribution is 7.19. The Morgan fingerprint density at radius 1 is 1.37 bits per heavy atom. The number of anilines is 2. The molecule has 10 heteroatoms. The summed E-state index contributed by atoms with van der Waals surface area (Å²) in [5.41, 5.74) is 1.81. The number of nitrogens with one attached hydrogen (secondary N) is 1. The SMILES string of the molecule is COC[C@H]1CCCN1CC=CC(=O)N1CCc2c(sc3ncnc(Nc4ccc(F)c(Cl)c4)c23)C1. The summed E-state index contributed by atoms with van der Waals surface area (Å²) in [6, 6.07) is 4.92. The van der Waals surface area contributed by atoms with Crippen LogP contribution in [0.1, 0.15) is 23.3 Å². The van der Waals surface area contributed by atoms with Gasteiger partial charge in [-0.15, -0.1) is 11.3 Å². The number of halogens is 2. The second-order valence-corrected chi connectivity index (χ2v) is 10.3. The standard InChI is InChI=1S/C25H27ClFN5O2S/c1-34-14-17-4-2-9-31(17)10-3-5-22(33)32-11-8-18-21(13-32)35-25-23(18)24(28-15-29-25)30-16-6-7-20(27)19(26)12-16/h3,5-7,12,15,17H,2,4,8-11,13-14H2,1H3,(H,28,29,30)/t17-/m1/s1. The van der Waals surface area contributed by atoms with Crippen LogP contribution >= 0.6 is 22.9 Å². The molecule has 1 aromatic carbocycles. The number of ether oxygens (including phenoxy) is 1. The maximum Gasteiger partial charge on any atom is 0.246 e. The van der Waals surface area contributed by atoms with Crippen molar-refractivity contribution >= 4 is 50.6 Å². The second kappa shape index (κ2) is 10.6. The van der Waals surface area contributed by atoms with Crippen molar-refractivity contribution in [3.63, 3.8) is 0 Å². The fourth-order valence-electron chi connectivity index (χ4n) is 4.83. The highest BCUT2D eigenvalue weighted by atomic mass is 35.5. The Balaban J connectivity index is 1.28. The molecule has 5 rings (SSSR count). The number of fused-ring (bicyclic) bond motifs is 3. The first-order chi connectivity index (χ1) is 17.0. The van der Waals surface area contributed by atoms with Crippen LogP contribution in [0.4, 0.5) is 15.9 Å². The number of hydrogen-bond acceptors (Lipinski definition) is 7. The molecule has 1 amide bonds. The zero-order chi connectivity index (χ0) is 24.4.